The van der Waals surface area contributed by atoms with Gasteiger partial charge in [-0.2, -0.15) is 0 Å². The third-order valence-corrected chi connectivity index (χ3v) is 7.43. The van der Waals surface area contributed by atoms with Crippen molar-refractivity contribution < 1.29 is 8.42 Å². The molecule has 0 amide bonds. The molecule has 2 unspecified atom stereocenters. The van der Waals surface area contributed by atoms with Gasteiger partial charge in [-0.15, -0.1) is 0 Å². The Bertz CT molecular complexity index is 431. The number of nitrogens with zero attached hydrogens (tertiary/aromatic N) is 1. The molecule has 118 valence electrons. The van der Waals surface area contributed by atoms with Crippen LogP contribution in [0.2, 0.25) is 0 Å². The van der Waals surface area contributed by atoms with E-state index in [1.807, 2.05) is 0 Å². The van der Waals surface area contributed by atoms with Crippen molar-refractivity contribution in [3.8, 4) is 0 Å². The molecule has 1 heterocycles. The number of hydrogen-bond acceptors (Lipinski definition) is 4. The fraction of sp³-hybridized carbons (Fsp3) is 1.00. The van der Waals surface area contributed by atoms with Gasteiger partial charge in [0.05, 0.1) is 11.0 Å². The van der Waals surface area contributed by atoms with Crippen LogP contribution in [0.25, 0.3) is 0 Å². The summed E-state index contributed by atoms with van der Waals surface area (Å²) >= 11 is 0. The van der Waals surface area contributed by atoms with Gasteiger partial charge >= 0.3 is 0 Å². The summed E-state index contributed by atoms with van der Waals surface area (Å²) in [6.45, 7) is 10.7. The van der Waals surface area contributed by atoms with Crippen LogP contribution in [0.3, 0.4) is 0 Å². The highest BCUT2D eigenvalue weighted by molar-refractivity contribution is 7.92. The Morgan fingerprint density at radius 1 is 1.35 bits per heavy atom. The van der Waals surface area contributed by atoms with Crippen molar-refractivity contribution in [2.45, 2.75) is 63.8 Å². The molecule has 1 aliphatic carbocycles. The topological polar surface area (TPSA) is 49.4 Å². The summed E-state index contributed by atoms with van der Waals surface area (Å²) in [5.41, 5.74) is 0.0951. The maximum atomic E-state index is 12.1. The molecule has 1 N–H and O–H groups in total. The smallest absolute Gasteiger partial charge is 0.153 e. The molecule has 0 bridgehead atoms. The zero-order valence-corrected chi connectivity index (χ0v) is 14.2. The Kier molecular flexibility index (Phi) is 4.82. The summed E-state index contributed by atoms with van der Waals surface area (Å²) in [6.07, 6.45) is 3.72. The highest BCUT2D eigenvalue weighted by Crippen LogP contribution is 2.36. The molecule has 0 spiro atoms. The molecule has 0 aromatic carbocycles. The second-order valence-corrected chi connectivity index (χ2v) is 9.71. The molecule has 1 aliphatic heterocycles. The molecule has 5 heteroatoms. The summed E-state index contributed by atoms with van der Waals surface area (Å²) in [6, 6.07) is 0.566. The van der Waals surface area contributed by atoms with Crippen molar-refractivity contribution in [3.05, 3.63) is 0 Å². The van der Waals surface area contributed by atoms with E-state index in [2.05, 4.69) is 24.1 Å². The van der Waals surface area contributed by atoms with Crippen molar-refractivity contribution in [1.29, 1.82) is 0 Å². The van der Waals surface area contributed by atoms with Crippen LogP contribution >= 0.6 is 0 Å². The highest BCUT2D eigenvalue weighted by Gasteiger charge is 2.41. The third-order valence-electron chi connectivity index (χ3n) is 5.24. The fourth-order valence-corrected chi connectivity index (χ4v) is 3.93. The predicted molar refractivity (Wildman–Crippen MR) is 83.7 cm³/mol. The number of nitrogens with one attached hydrogen (secondary N) is 1. The summed E-state index contributed by atoms with van der Waals surface area (Å²) in [5, 5.41) is 3.42. The van der Waals surface area contributed by atoms with E-state index in [0.29, 0.717) is 12.6 Å². The first-order chi connectivity index (χ1) is 9.28. The van der Waals surface area contributed by atoms with Crippen LogP contribution in [0.15, 0.2) is 0 Å². The Balaban J connectivity index is 2.00. The minimum Gasteiger partial charge on any atom is -0.311 e. The molecule has 1 saturated carbocycles. The van der Waals surface area contributed by atoms with Crippen molar-refractivity contribution in [1.82, 2.24) is 10.2 Å². The molecule has 0 aromatic rings. The second-order valence-electron chi connectivity index (χ2n) is 7.04. The van der Waals surface area contributed by atoms with E-state index in [9.17, 15) is 8.42 Å². The summed E-state index contributed by atoms with van der Waals surface area (Å²) in [7, 11) is -2.94. The largest absolute Gasteiger partial charge is 0.311 e. The Morgan fingerprint density at radius 3 is 2.50 bits per heavy atom. The molecule has 0 radical (unpaired) electrons. The minimum atomic E-state index is -2.94. The quantitative estimate of drug-likeness (QED) is 0.811. The zero-order chi connectivity index (χ0) is 15.0. The number of sulfone groups is 1. The molecule has 2 rings (SSSR count). The van der Waals surface area contributed by atoms with Gasteiger partial charge in [-0.05, 0) is 46.0 Å². The number of hydrogen-bond donors (Lipinski definition) is 1. The van der Waals surface area contributed by atoms with Crippen molar-refractivity contribution in [2.24, 2.45) is 5.92 Å². The Hall–Kier alpha value is -0.130. The average Bonchev–Trinajstić information content (AvgIpc) is 3.22. The molecule has 0 aromatic heterocycles. The van der Waals surface area contributed by atoms with Gasteiger partial charge in [-0.3, -0.25) is 4.90 Å². The predicted octanol–water partition coefficient (Wildman–Crippen LogP) is 1.66. The lowest BCUT2D eigenvalue weighted by molar-refractivity contribution is 0.0499. The Morgan fingerprint density at radius 2 is 2.00 bits per heavy atom. The molecule has 2 atom stereocenters. The van der Waals surface area contributed by atoms with Crippen molar-refractivity contribution >= 4 is 9.84 Å². The van der Waals surface area contributed by atoms with Gasteiger partial charge in [0.1, 0.15) is 0 Å². The van der Waals surface area contributed by atoms with Gasteiger partial charge in [0.2, 0.25) is 0 Å². The summed E-state index contributed by atoms with van der Waals surface area (Å²) in [4.78, 5) is 2.42. The van der Waals surface area contributed by atoms with Crippen LogP contribution < -0.4 is 5.32 Å². The van der Waals surface area contributed by atoms with Crippen molar-refractivity contribution in [3.63, 3.8) is 0 Å². The first-order valence-corrected chi connectivity index (χ1v) is 9.70. The van der Waals surface area contributed by atoms with Crippen LogP contribution in [0.5, 0.6) is 0 Å². The first-order valence-electron chi connectivity index (χ1n) is 7.98. The van der Waals surface area contributed by atoms with Gasteiger partial charge < -0.3 is 5.32 Å². The van der Waals surface area contributed by atoms with Crippen LogP contribution in [-0.4, -0.2) is 55.5 Å². The lowest BCUT2D eigenvalue weighted by Gasteiger charge is -2.48. The van der Waals surface area contributed by atoms with Gasteiger partial charge in [0, 0.05) is 31.2 Å². The minimum absolute atomic E-state index is 0.0951. The lowest BCUT2D eigenvalue weighted by atomic mass is 9.91. The molecule has 2 fully saturated rings. The van der Waals surface area contributed by atoms with E-state index in [1.54, 1.807) is 13.8 Å². The van der Waals surface area contributed by atoms with Gasteiger partial charge in [0.15, 0.2) is 9.84 Å². The summed E-state index contributed by atoms with van der Waals surface area (Å²) in [5.74, 6) is 1.11. The standard InChI is InChI=1S/C15H30N2O2S/c1-5-15(4)11-16-14(13-6-7-13)10-17(15)8-9-20(18,19)12(2)3/h12-14,16H,5-11H2,1-4H3. The maximum absolute atomic E-state index is 12.1. The highest BCUT2D eigenvalue weighted by atomic mass is 32.2. The van der Waals surface area contributed by atoms with Crippen LogP contribution in [0, 0.1) is 5.92 Å². The normalized spacial score (nSPS) is 32.8. The molecule has 20 heavy (non-hydrogen) atoms. The van der Waals surface area contributed by atoms with Crippen LogP contribution in [0.4, 0.5) is 0 Å². The summed E-state index contributed by atoms with van der Waals surface area (Å²) < 4.78 is 24.1. The molecule has 1 saturated heterocycles. The second kappa shape index (κ2) is 5.93. The van der Waals surface area contributed by atoms with E-state index >= 15 is 0 Å². The van der Waals surface area contributed by atoms with Gasteiger partial charge in [-0.25, -0.2) is 8.42 Å². The average molecular weight is 302 g/mol. The fourth-order valence-electron chi connectivity index (χ4n) is 2.98. The molecule has 4 nitrogen and oxygen atoms in total. The van der Waals surface area contributed by atoms with Crippen LogP contribution in [0.1, 0.15) is 47.0 Å². The molecule has 2 aliphatic rings. The molecular formula is C15H30N2O2S. The Labute approximate surface area is 124 Å². The van der Waals surface area contributed by atoms with Crippen LogP contribution in [-0.2, 0) is 9.84 Å². The third kappa shape index (κ3) is 3.55. The van der Waals surface area contributed by atoms with E-state index in [1.165, 1.54) is 12.8 Å². The van der Waals surface area contributed by atoms with E-state index in [-0.39, 0.29) is 16.5 Å². The van der Waals surface area contributed by atoms with Crippen molar-refractivity contribution in [2.75, 3.05) is 25.4 Å². The first kappa shape index (κ1) is 16.2. The zero-order valence-electron chi connectivity index (χ0n) is 13.4. The van der Waals surface area contributed by atoms with Gasteiger partial charge in [-0.1, -0.05) is 6.92 Å². The SMILES string of the molecule is CCC1(C)CNC(C2CC2)CN1CCS(=O)(=O)C(C)C. The van der Waals surface area contributed by atoms with E-state index in [0.717, 1.165) is 25.4 Å². The molecular weight excluding hydrogens is 272 g/mol. The van der Waals surface area contributed by atoms with E-state index in [4.69, 9.17) is 0 Å². The number of piperazine rings is 1. The lowest BCUT2D eigenvalue weighted by Crippen LogP contribution is -2.64. The van der Waals surface area contributed by atoms with E-state index < -0.39 is 9.84 Å². The van der Waals surface area contributed by atoms with Gasteiger partial charge in [0.25, 0.3) is 0 Å². The number of rotatable bonds is 6. The maximum Gasteiger partial charge on any atom is 0.153 e. The monoisotopic (exact) mass is 302 g/mol.